The Labute approximate surface area is 86.9 Å². The predicted molar refractivity (Wildman–Crippen MR) is 58.1 cm³/mol. The molecule has 3 nitrogen and oxygen atoms in total. The highest BCUT2D eigenvalue weighted by atomic mass is 16.2. The number of amides is 1. The summed E-state index contributed by atoms with van der Waals surface area (Å²) in [5.74, 6) is 0.911. The molecule has 0 radical (unpaired) electrons. The lowest BCUT2D eigenvalue weighted by Gasteiger charge is -2.34. The Morgan fingerprint density at radius 3 is 2.86 bits per heavy atom. The Hall–Kier alpha value is -0.570. The smallest absolute Gasteiger partial charge is 0.239 e. The molecule has 14 heavy (non-hydrogen) atoms. The van der Waals surface area contributed by atoms with Gasteiger partial charge < -0.3 is 10.2 Å². The summed E-state index contributed by atoms with van der Waals surface area (Å²) < 4.78 is 0. The van der Waals surface area contributed by atoms with Gasteiger partial charge in [-0.2, -0.15) is 0 Å². The fourth-order valence-electron chi connectivity index (χ4n) is 1.80. The van der Waals surface area contributed by atoms with Gasteiger partial charge in [-0.1, -0.05) is 27.2 Å². The Bertz CT molecular complexity index is 194. The van der Waals surface area contributed by atoms with Crippen molar-refractivity contribution < 1.29 is 4.79 Å². The number of hydrogen-bond donors (Lipinski definition) is 1. The molecule has 0 spiro atoms. The van der Waals surface area contributed by atoms with Gasteiger partial charge in [-0.15, -0.1) is 0 Å². The van der Waals surface area contributed by atoms with E-state index in [4.69, 9.17) is 0 Å². The Balaban J connectivity index is 2.47. The molecule has 1 N–H and O–H groups in total. The lowest BCUT2D eigenvalue weighted by molar-refractivity contribution is -0.136. The average Bonchev–Trinajstić information content (AvgIpc) is 2.21. The second-order valence-electron chi connectivity index (χ2n) is 4.21. The summed E-state index contributed by atoms with van der Waals surface area (Å²) in [6, 6.07) is 0.0628. The first-order chi connectivity index (χ1) is 6.69. The third-order valence-corrected chi connectivity index (χ3v) is 3.02. The van der Waals surface area contributed by atoms with Gasteiger partial charge in [-0.3, -0.25) is 4.79 Å². The van der Waals surface area contributed by atoms with Crippen LogP contribution in [0.4, 0.5) is 0 Å². The van der Waals surface area contributed by atoms with Gasteiger partial charge in [0.1, 0.15) is 0 Å². The van der Waals surface area contributed by atoms with Crippen molar-refractivity contribution in [3.63, 3.8) is 0 Å². The van der Waals surface area contributed by atoms with E-state index in [-0.39, 0.29) is 6.04 Å². The molecular weight excluding hydrogens is 176 g/mol. The van der Waals surface area contributed by atoms with Crippen LogP contribution in [0.25, 0.3) is 0 Å². The second-order valence-corrected chi connectivity index (χ2v) is 4.21. The highest BCUT2D eigenvalue weighted by Gasteiger charge is 2.27. The molecule has 0 bridgehead atoms. The molecule has 1 saturated heterocycles. The fraction of sp³-hybridized carbons (Fsp3) is 0.909. The van der Waals surface area contributed by atoms with E-state index in [1.807, 2.05) is 4.90 Å². The van der Waals surface area contributed by atoms with E-state index in [2.05, 4.69) is 26.1 Å². The van der Waals surface area contributed by atoms with Crippen LogP contribution in [0.15, 0.2) is 0 Å². The van der Waals surface area contributed by atoms with Crippen molar-refractivity contribution in [1.82, 2.24) is 10.2 Å². The van der Waals surface area contributed by atoms with Crippen LogP contribution in [0.2, 0.25) is 0 Å². The van der Waals surface area contributed by atoms with E-state index < -0.39 is 0 Å². The van der Waals surface area contributed by atoms with E-state index in [1.54, 1.807) is 0 Å². The molecule has 1 fully saturated rings. The quantitative estimate of drug-likeness (QED) is 0.737. The van der Waals surface area contributed by atoms with Gasteiger partial charge in [-0.25, -0.2) is 0 Å². The van der Waals surface area contributed by atoms with Crippen molar-refractivity contribution in [1.29, 1.82) is 0 Å². The number of carbonyl (C=O) groups excluding carboxylic acids is 1. The minimum absolute atomic E-state index is 0.0628. The molecule has 3 heteroatoms. The van der Waals surface area contributed by atoms with Gasteiger partial charge in [-0.05, 0) is 12.3 Å². The summed E-state index contributed by atoms with van der Waals surface area (Å²) in [7, 11) is 0. The topological polar surface area (TPSA) is 32.3 Å². The van der Waals surface area contributed by atoms with E-state index in [0.717, 1.165) is 32.5 Å². The first-order valence-corrected chi connectivity index (χ1v) is 5.71. The van der Waals surface area contributed by atoms with Gasteiger partial charge in [0.2, 0.25) is 5.91 Å². The zero-order chi connectivity index (χ0) is 10.6. The third-order valence-electron chi connectivity index (χ3n) is 3.02. The van der Waals surface area contributed by atoms with Crippen molar-refractivity contribution in [2.45, 2.75) is 39.7 Å². The first kappa shape index (κ1) is 11.5. The monoisotopic (exact) mass is 198 g/mol. The van der Waals surface area contributed by atoms with Gasteiger partial charge in [0, 0.05) is 19.6 Å². The van der Waals surface area contributed by atoms with Gasteiger partial charge in [0.25, 0.3) is 0 Å². The largest absolute Gasteiger partial charge is 0.340 e. The first-order valence-electron chi connectivity index (χ1n) is 5.71. The van der Waals surface area contributed by atoms with Crippen LogP contribution in [-0.2, 0) is 4.79 Å². The zero-order valence-electron chi connectivity index (χ0n) is 9.55. The van der Waals surface area contributed by atoms with Crippen LogP contribution in [-0.4, -0.2) is 36.5 Å². The third kappa shape index (κ3) is 2.71. The molecule has 0 aromatic heterocycles. The van der Waals surface area contributed by atoms with E-state index in [0.29, 0.717) is 11.8 Å². The normalized spacial score (nSPS) is 25.2. The van der Waals surface area contributed by atoms with Crippen LogP contribution in [0.1, 0.15) is 33.6 Å². The number of nitrogens with zero attached hydrogens (tertiary/aromatic N) is 1. The standard InChI is InChI=1S/C11H22N2O/c1-4-9(3)8-13-7-6-12-10(5-2)11(13)14/h9-10,12H,4-8H2,1-3H3. The summed E-state index contributed by atoms with van der Waals surface area (Å²) in [5.41, 5.74) is 0. The lowest BCUT2D eigenvalue weighted by Crippen LogP contribution is -2.55. The van der Waals surface area contributed by atoms with Crippen LogP contribution < -0.4 is 5.32 Å². The number of piperazine rings is 1. The van der Waals surface area contributed by atoms with Gasteiger partial charge in [0.15, 0.2) is 0 Å². The minimum Gasteiger partial charge on any atom is -0.340 e. The second kappa shape index (κ2) is 5.35. The molecule has 1 aliphatic rings. The Morgan fingerprint density at radius 2 is 2.29 bits per heavy atom. The summed E-state index contributed by atoms with van der Waals surface area (Å²) in [5, 5.41) is 3.25. The van der Waals surface area contributed by atoms with Crippen molar-refractivity contribution in [2.75, 3.05) is 19.6 Å². The maximum Gasteiger partial charge on any atom is 0.239 e. The molecule has 2 atom stereocenters. The van der Waals surface area contributed by atoms with Crippen LogP contribution >= 0.6 is 0 Å². The summed E-state index contributed by atoms with van der Waals surface area (Å²) in [6.07, 6.45) is 2.05. The number of carbonyl (C=O) groups is 1. The minimum atomic E-state index is 0.0628. The summed E-state index contributed by atoms with van der Waals surface area (Å²) >= 11 is 0. The highest BCUT2D eigenvalue weighted by Crippen LogP contribution is 2.09. The zero-order valence-corrected chi connectivity index (χ0v) is 9.55. The summed E-state index contributed by atoms with van der Waals surface area (Å²) in [4.78, 5) is 13.9. The van der Waals surface area contributed by atoms with Crippen LogP contribution in [0.5, 0.6) is 0 Å². The van der Waals surface area contributed by atoms with Crippen molar-refractivity contribution >= 4 is 5.91 Å². The SMILES string of the molecule is CCC(C)CN1CCNC(CC)C1=O. The Morgan fingerprint density at radius 1 is 1.57 bits per heavy atom. The molecule has 82 valence electrons. The van der Waals surface area contributed by atoms with Gasteiger partial charge in [0.05, 0.1) is 6.04 Å². The number of rotatable bonds is 4. The maximum atomic E-state index is 11.9. The van der Waals surface area contributed by atoms with E-state index in [1.165, 1.54) is 0 Å². The molecule has 1 amide bonds. The molecular formula is C11H22N2O. The molecule has 1 heterocycles. The van der Waals surface area contributed by atoms with E-state index in [9.17, 15) is 4.79 Å². The van der Waals surface area contributed by atoms with Crippen LogP contribution in [0.3, 0.4) is 0 Å². The average molecular weight is 198 g/mol. The number of hydrogen-bond acceptors (Lipinski definition) is 2. The molecule has 0 saturated carbocycles. The highest BCUT2D eigenvalue weighted by molar-refractivity contribution is 5.82. The molecule has 0 aromatic carbocycles. The van der Waals surface area contributed by atoms with Gasteiger partial charge >= 0.3 is 0 Å². The lowest BCUT2D eigenvalue weighted by atomic mass is 10.1. The van der Waals surface area contributed by atoms with Crippen molar-refractivity contribution in [3.8, 4) is 0 Å². The summed E-state index contributed by atoms with van der Waals surface area (Å²) in [6.45, 7) is 9.18. The Kier molecular flexibility index (Phi) is 4.39. The predicted octanol–water partition coefficient (Wildman–Crippen LogP) is 1.24. The van der Waals surface area contributed by atoms with Crippen molar-refractivity contribution in [2.24, 2.45) is 5.92 Å². The van der Waals surface area contributed by atoms with E-state index >= 15 is 0 Å². The molecule has 2 unspecified atom stereocenters. The van der Waals surface area contributed by atoms with Crippen LogP contribution in [0, 0.1) is 5.92 Å². The molecule has 1 aliphatic heterocycles. The maximum absolute atomic E-state index is 11.9. The molecule has 0 aliphatic carbocycles. The molecule has 1 rings (SSSR count). The molecule has 0 aromatic rings. The number of nitrogens with one attached hydrogen (secondary N) is 1. The fourth-order valence-corrected chi connectivity index (χ4v) is 1.80. The van der Waals surface area contributed by atoms with Crippen molar-refractivity contribution in [3.05, 3.63) is 0 Å².